The second-order valence-electron chi connectivity index (χ2n) is 7.29. The van der Waals surface area contributed by atoms with Gasteiger partial charge in [-0.05, 0) is 58.4 Å². The molecule has 0 spiro atoms. The number of nitrogens with zero attached hydrogens (tertiary/aromatic N) is 3. The molecule has 4 rings (SSSR count). The van der Waals surface area contributed by atoms with E-state index in [0.29, 0.717) is 42.4 Å². The van der Waals surface area contributed by atoms with Gasteiger partial charge in [-0.25, -0.2) is 14.2 Å². The standard InChI is InChI=1S/C21H20Cl2FN3O3S/c1-12-3-4-27-17(8-13-11-26(5-6-30-13)21(28)29-2)20(25-19(27)7-12)14-9-16(24)18(31-23)10-15(14)22/h3-4,7,9-10,13H,5-6,8,11H2,1-2H3. The minimum Gasteiger partial charge on any atom is -0.453 e. The summed E-state index contributed by atoms with van der Waals surface area (Å²) in [6.07, 6.45) is 1.72. The van der Waals surface area contributed by atoms with E-state index in [9.17, 15) is 9.18 Å². The summed E-state index contributed by atoms with van der Waals surface area (Å²) in [6, 6.07) is 6.77. The molecule has 10 heteroatoms. The van der Waals surface area contributed by atoms with Crippen LogP contribution in [0.3, 0.4) is 0 Å². The van der Waals surface area contributed by atoms with Crippen molar-refractivity contribution in [2.75, 3.05) is 26.8 Å². The molecule has 6 nitrogen and oxygen atoms in total. The minimum absolute atomic E-state index is 0.251. The Morgan fingerprint density at radius 2 is 2.23 bits per heavy atom. The minimum atomic E-state index is -0.468. The number of carbonyl (C=O) groups excluding carboxylic acids is 1. The molecule has 0 bridgehead atoms. The highest BCUT2D eigenvalue weighted by Gasteiger charge is 2.28. The fourth-order valence-corrected chi connectivity index (χ4v) is 4.70. The number of rotatable bonds is 4. The molecule has 164 valence electrons. The van der Waals surface area contributed by atoms with Crippen molar-refractivity contribution in [1.82, 2.24) is 14.3 Å². The van der Waals surface area contributed by atoms with Crippen molar-refractivity contribution in [2.45, 2.75) is 24.3 Å². The van der Waals surface area contributed by atoms with Crippen LogP contribution in [0.15, 0.2) is 35.4 Å². The van der Waals surface area contributed by atoms with Gasteiger partial charge < -0.3 is 18.8 Å². The number of carbonyl (C=O) groups is 1. The number of morpholine rings is 1. The summed E-state index contributed by atoms with van der Waals surface area (Å²) >= 11 is 6.48. The Hall–Kier alpha value is -2.00. The zero-order chi connectivity index (χ0) is 22.1. The fraction of sp³-hybridized carbons (Fsp3) is 0.333. The molecule has 0 radical (unpaired) electrons. The highest BCUT2D eigenvalue weighted by atomic mass is 35.7. The number of halogens is 3. The number of benzene rings is 1. The number of aromatic nitrogens is 2. The fourth-order valence-electron chi connectivity index (χ4n) is 3.73. The first-order valence-electron chi connectivity index (χ1n) is 9.61. The van der Waals surface area contributed by atoms with E-state index in [4.69, 9.17) is 36.7 Å². The van der Waals surface area contributed by atoms with E-state index >= 15 is 0 Å². The highest BCUT2D eigenvalue weighted by Crippen LogP contribution is 2.37. The van der Waals surface area contributed by atoms with Crippen molar-refractivity contribution in [2.24, 2.45) is 0 Å². The van der Waals surface area contributed by atoms with Gasteiger partial charge in [-0.2, -0.15) is 0 Å². The first-order chi connectivity index (χ1) is 14.9. The second kappa shape index (κ2) is 9.24. The monoisotopic (exact) mass is 483 g/mol. The Morgan fingerprint density at radius 3 is 2.97 bits per heavy atom. The summed E-state index contributed by atoms with van der Waals surface area (Å²) < 4.78 is 27.2. The van der Waals surface area contributed by atoms with Crippen LogP contribution in [0.4, 0.5) is 9.18 Å². The van der Waals surface area contributed by atoms with Crippen LogP contribution in [-0.2, 0) is 15.9 Å². The lowest BCUT2D eigenvalue weighted by atomic mass is 10.0. The van der Waals surface area contributed by atoms with Gasteiger partial charge in [0.1, 0.15) is 11.5 Å². The number of amides is 1. The summed E-state index contributed by atoms with van der Waals surface area (Å²) in [5, 5.41) is 0.353. The average Bonchev–Trinajstić information content (AvgIpc) is 3.11. The van der Waals surface area contributed by atoms with Crippen LogP contribution in [0, 0.1) is 12.7 Å². The third kappa shape index (κ3) is 4.48. The van der Waals surface area contributed by atoms with Gasteiger partial charge in [-0.1, -0.05) is 11.6 Å². The maximum absolute atomic E-state index is 14.5. The number of methoxy groups -OCH3 is 1. The molecule has 3 heterocycles. The molecule has 2 aromatic heterocycles. The Labute approximate surface area is 192 Å². The molecule has 0 aliphatic carbocycles. The molecule has 1 fully saturated rings. The number of fused-ring (bicyclic) bond motifs is 1. The number of aryl methyl sites for hydroxylation is 1. The smallest absolute Gasteiger partial charge is 0.409 e. The van der Waals surface area contributed by atoms with Crippen molar-refractivity contribution >= 4 is 45.0 Å². The molecule has 1 unspecified atom stereocenters. The summed E-state index contributed by atoms with van der Waals surface area (Å²) in [7, 11) is 7.87. The average molecular weight is 484 g/mol. The predicted octanol–water partition coefficient (Wildman–Crippen LogP) is 5.36. The molecule has 1 saturated heterocycles. The lowest BCUT2D eigenvalue weighted by molar-refractivity contribution is -0.0241. The third-order valence-electron chi connectivity index (χ3n) is 5.23. The van der Waals surface area contributed by atoms with E-state index in [1.54, 1.807) is 4.90 Å². The molecule has 1 aliphatic rings. The van der Waals surface area contributed by atoms with E-state index in [1.807, 2.05) is 29.7 Å². The second-order valence-corrected chi connectivity index (χ2v) is 8.76. The van der Waals surface area contributed by atoms with E-state index < -0.39 is 5.82 Å². The number of imidazole rings is 1. The van der Waals surface area contributed by atoms with Crippen LogP contribution < -0.4 is 0 Å². The maximum atomic E-state index is 14.5. The third-order valence-corrected chi connectivity index (χ3v) is 6.52. The molecule has 0 N–H and O–H groups in total. The van der Waals surface area contributed by atoms with E-state index in [0.717, 1.165) is 27.9 Å². The lowest BCUT2D eigenvalue weighted by Crippen LogP contribution is -2.46. The molecule has 31 heavy (non-hydrogen) atoms. The highest BCUT2D eigenvalue weighted by molar-refractivity contribution is 8.21. The summed E-state index contributed by atoms with van der Waals surface area (Å²) in [6.45, 7) is 3.24. The Morgan fingerprint density at radius 1 is 1.42 bits per heavy atom. The molecule has 1 aromatic carbocycles. The van der Waals surface area contributed by atoms with Gasteiger partial charge >= 0.3 is 6.09 Å². The van der Waals surface area contributed by atoms with Crippen molar-refractivity contribution < 1.29 is 18.7 Å². The van der Waals surface area contributed by atoms with Crippen molar-refractivity contribution in [3.63, 3.8) is 0 Å². The van der Waals surface area contributed by atoms with E-state index in [2.05, 4.69) is 0 Å². The summed E-state index contributed by atoms with van der Waals surface area (Å²) in [5.41, 5.74) is 3.63. The van der Waals surface area contributed by atoms with Crippen molar-refractivity contribution in [3.05, 3.63) is 52.6 Å². The zero-order valence-electron chi connectivity index (χ0n) is 16.9. The van der Waals surface area contributed by atoms with Gasteiger partial charge in [-0.3, -0.25) is 0 Å². The molecule has 3 aromatic rings. The van der Waals surface area contributed by atoms with Crippen LogP contribution >= 0.6 is 33.3 Å². The quantitative estimate of drug-likeness (QED) is 0.499. The molecule has 0 saturated carbocycles. The van der Waals surface area contributed by atoms with Crippen LogP contribution in [0.5, 0.6) is 0 Å². The van der Waals surface area contributed by atoms with Gasteiger partial charge in [0.05, 0.1) is 47.7 Å². The van der Waals surface area contributed by atoms with Gasteiger partial charge in [0.2, 0.25) is 0 Å². The van der Waals surface area contributed by atoms with Gasteiger partial charge in [0.15, 0.2) is 0 Å². The number of hydrogen-bond donors (Lipinski definition) is 0. The van der Waals surface area contributed by atoms with E-state index in [1.165, 1.54) is 19.2 Å². The molecular formula is C21H20Cl2FN3O3S. The Balaban J connectivity index is 1.78. The normalized spacial score (nSPS) is 16.7. The molecule has 1 atom stereocenters. The van der Waals surface area contributed by atoms with Gasteiger partial charge in [-0.15, -0.1) is 0 Å². The molecule has 1 amide bonds. The first kappa shape index (κ1) is 22.2. The molecular weight excluding hydrogens is 464 g/mol. The Bertz CT molecular complexity index is 1140. The summed E-state index contributed by atoms with van der Waals surface area (Å²) in [5.74, 6) is -0.468. The van der Waals surface area contributed by atoms with Crippen LogP contribution in [0.2, 0.25) is 5.02 Å². The van der Waals surface area contributed by atoms with Gasteiger partial charge in [0.25, 0.3) is 0 Å². The lowest BCUT2D eigenvalue weighted by Gasteiger charge is -2.32. The van der Waals surface area contributed by atoms with Crippen molar-refractivity contribution in [3.8, 4) is 11.3 Å². The van der Waals surface area contributed by atoms with Gasteiger partial charge in [0, 0.05) is 24.7 Å². The maximum Gasteiger partial charge on any atom is 0.409 e. The predicted molar refractivity (Wildman–Crippen MR) is 119 cm³/mol. The van der Waals surface area contributed by atoms with Crippen LogP contribution in [0.1, 0.15) is 11.3 Å². The topological polar surface area (TPSA) is 56.1 Å². The SMILES string of the molecule is COC(=O)N1CCOC(Cc2c(-c3cc(F)c(SCl)cc3Cl)nc3cc(C)ccn23)C1. The molecule has 1 aliphatic heterocycles. The first-order valence-corrected chi connectivity index (χ1v) is 11.6. The largest absolute Gasteiger partial charge is 0.453 e. The number of hydrogen-bond acceptors (Lipinski definition) is 5. The summed E-state index contributed by atoms with van der Waals surface area (Å²) in [4.78, 5) is 18.6. The van der Waals surface area contributed by atoms with E-state index in [-0.39, 0.29) is 17.1 Å². The number of pyridine rings is 1. The van der Waals surface area contributed by atoms with Crippen LogP contribution in [-0.4, -0.2) is 53.3 Å². The Kier molecular flexibility index (Phi) is 6.62. The van der Waals surface area contributed by atoms with Crippen LogP contribution in [0.25, 0.3) is 16.9 Å². The number of ether oxygens (including phenoxy) is 2. The zero-order valence-corrected chi connectivity index (χ0v) is 19.2. The van der Waals surface area contributed by atoms with Crippen molar-refractivity contribution in [1.29, 1.82) is 0 Å².